The molecule has 20 heavy (non-hydrogen) atoms. The number of piperazine rings is 1. The van der Waals surface area contributed by atoms with E-state index in [0.29, 0.717) is 6.54 Å². The molecule has 2 fully saturated rings. The van der Waals surface area contributed by atoms with E-state index < -0.39 is 23.9 Å². The van der Waals surface area contributed by atoms with Crippen LogP contribution in [0, 0.1) is 12.8 Å². The van der Waals surface area contributed by atoms with Crippen LogP contribution in [0.3, 0.4) is 0 Å². The third-order valence-corrected chi connectivity index (χ3v) is 3.92. The molecule has 1 aromatic heterocycles. The maximum absolute atomic E-state index is 12.2. The topological polar surface area (TPSA) is 107 Å². The van der Waals surface area contributed by atoms with Crippen LogP contribution in [0.5, 0.6) is 0 Å². The molecule has 0 aromatic carbocycles. The second kappa shape index (κ2) is 4.32. The van der Waals surface area contributed by atoms with E-state index in [1.807, 2.05) is 6.92 Å². The lowest BCUT2D eigenvalue weighted by molar-refractivity contribution is -0.140. The zero-order chi connectivity index (χ0) is 14.4. The number of rotatable bonds is 1. The number of aromatic amines is 1. The number of nitrogens with zero attached hydrogens (tertiary/aromatic N) is 2. The lowest BCUT2D eigenvalue weighted by Crippen LogP contribution is -2.68. The van der Waals surface area contributed by atoms with Gasteiger partial charge in [-0.2, -0.15) is 5.10 Å². The molecule has 0 saturated carbocycles. The van der Waals surface area contributed by atoms with Crippen molar-refractivity contribution >= 4 is 17.8 Å². The van der Waals surface area contributed by atoms with Crippen molar-refractivity contribution in [2.45, 2.75) is 25.9 Å². The summed E-state index contributed by atoms with van der Waals surface area (Å²) >= 11 is 0. The number of fused-ring (bicyclic) bond motifs is 1. The van der Waals surface area contributed by atoms with Crippen LogP contribution >= 0.6 is 0 Å². The predicted octanol–water partition coefficient (Wildman–Crippen LogP) is -0.554. The van der Waals surface area contributed by atoms with Crippen LogP contribution < -0.4 is 10.6 Å². The molecule has 8 nitrogen and oxygen atoms in total. The highest BCUT2D eigenvalue weighted by molar-refractivity contribution is 6.04. The smallest absolute Gasteiger partial charge is 0.324 e. The monoisotopic (exact) mass is 277 g/mol. The Morgan fingerprint density at radius 2 is 2.05 bits per heavy atom. The third kappa shape index (κ3) is 1.75. The first-order valence-corrected chi connectivity index (χ1v) is 6.41. The molecule has 1 aromatic rings. The van der Waals surface area contributed by atoms with Crippen LogP contribution in [0.1, 0.15) is 24.2 Å². The quantitative estimate of drug-likeness (QED) is 0.640. The summed E-state index contributed by atoms with van der Waals surface area (Å²) in [5, 5.41) is 11.9. The zero-order valence-corrected chi connectivity index (χ0v) is 11.1. The van der Waals surface area contributed by atoms with Crippen molar-refractivity contribution < 1.29 is 14.4 Å². The number of amides is 4. The average Bonchev–Trinajstić information content (AvgIpc) is 2.81. The lowest BCUT2D eigenvalue weighted by Gasteiger charge is -2.43. The first kappa shape index (κ1) is 12.6. The normalized spacial score (nSPS) is 29.8. The summed E-state index contributed by atoms with van der Waals surface area (Å²) < 4.78 is 0. The molecule has 8 heteroatoms. The van der Waals surface area contributed by atoms with Crippen molar-refractivity contribution in [2.75, 3.05) is 6.54 Å². The highest BCUT2D eigenvalue weighted by Crippen LogP contribution is 2.27. The van der Waals surface area contributed by atoms with Gasteiger partial charge in [-0.25, -0.2) is 4.79 Å². The largest absolute Gasteiger partial charge is 0.346 e. The number of aromatic nitrogens is 2. The third-order valence-electron chi connectivity index (χ3n) is 3.92. The molecule has 4 amide bonds. The Bertz CT molecular complexity index is 596. The van der Waals surface area contributed by atoms with Crippen molar-refractivity contribution in [1.82, 2.24) is 25.7 Å². The number of aryl methyl sites for hydroxylation is 1. The Balaban J connectivity index is 1.91. The lowest BCUT2D eigenvalue weighted by atomic mass is 9.92. The number of carbonyl (C=O) groups is 3. The molecule has 0 aliphatic carbocycles. The molecule has 2 aliphatic heterocycles. The molecular formula is C12H15N5O3. The second-order valence-electron chi connectivity index (χ2n) is 5.17. The van der Waals surface area contributed by atoms with Gasteiger partial charge in [0.1, 0.15) is 6.04 Å². The minimum atomic E-state index is -0.736. The van der Waals surface area contributed by atoms with Gasteiger partial charge in [-0.15, -0.1) is 0 Å². The SMILES string of the molecule is Cc1n[nH]cc1C1CN2C(=O)NC(=O)C(C)C2C(=O)N1. The van der Waals surface area contributed by atoms with Crippen LogP contribution in [0.2, 0.25) is 0 Å². The molecule has 0 radical (unpaired) electrons. The molecule has 3 N–H and O–H groups in total. The average molecular weight is 277 g/mol. The Morgan fingerprint density at radius 1 is 1.30 bits per heavy atom. The molecule has 2 saturated heterocycles. The van der Waals surface area contributed by atoms with Crippen LogP contribution in [0.25, 0.3) is 0 Å². The number of carbonyl (C=O) groups excluding carboxylic acids is 3. The standard InChI is InChI=1S/C12H15N5O3/c1-5-9-11(19)14-8(7-3-13-16-6(7)2)4-17(9)12(20)15-10(5)18/h3,5,8-9H,4H2,1-2H3,(H,13,16)(H,14,19)(H,15,18,20). The van der Waals surface area contributed by atoms with Gasteiger partial charge >= 0.3 is 6.03 Å². The molecule has 3 rings (SSSR count). The van der Waals surface area contributed by atoms with Crippen molar-refractivity contribution in [2.24, 2.45) is 5.92 Å². The van der Waals surface area contributed by atoms with Crippen molar-refractivity contribution in [3.63, 3.8) is 0 Å². The molecule has 0 bridgehead atoms. The number of hydrogen-bond donors (Lipinski definition) is 3. The minimum Gasteiger partial charge on any atom is -0.346 e. The zero-order valence-electron chi connectivity index (χ0n) is 11.1. The summed E-state index contributed by atoms with van der Waals surface area (Å²) in [6.07, 6.45) is 1.71. The number of nitrogens with one attached hydrogen (secondary N) is 3. The van der Waals surface area contributed by atoms with Gasteiger partial charge in [-0.05, 0) is 6.92 Å². The van der Waals surface area contributed by atoms with Crippen LogP contribution in [-0.4, -0.2) is 45.5 Å². The Labute approximate surface area is 114 Å². The van der Waals surface area contributed by atoms with E-state index in [1.165, 1.54) is 4.90 Å². The van der Waals surface area contributed by atoms with Gasteiger partial charge < -0.3 is 10.2 Å². The predicted molar refractivity (Wildman–Crippen MR) is 67.4 cm³/mol. The fourth-order valence-corrected chi connectivity index (χ4v) is 2.79. The molecule has 3 atom stereocenters. The number of H-pyrrole nitrogens is 1. The van der Waals surface area contributed by atoms with E-state index in [0.717, 1.165) is 11.3 Å². The van der Waals surface area contributed by atoms with Gasteiger partial charge in [0.25, 0.3) is 0 Å². The van der Waals surface area contributed by atoms with E-state index in [2.05, 4.69) is 20.8 Å². The molecule has 106 valence electrons. The van der Waals surface area contributed by atoms with Gasteiger partial charge in [0.15, 0.2) is 0 Å². The molecule has 3 unspecified atom stereocenters. The summed E-state index contributed by atoms with van der Waals surface area (Å²) in [5.74, 6) is -1.28. The molecule has 3 heterocycles. The van der Waals surface area contributed by atoms with E-state index in [1.54, 1.807) is 13.1 Å². The van der Waals surface area contributed by atoms with Crippen molar-refractivity contribution in [3.05, 3.63) is 17.5 Å². The van der Waals surface area contributed by atoms with Gasteiger partial charge in [0.2, 0.25) is 11.8 Å². The van der Waals surface area contributed by atoms with Crippen LogP contribution in [-0.2, 0) is 9.59 Å². The summed E-state index contributed by atoms with van der Waals surface area (Å²) in [5.41, 5.74) is 1.62. The number of urea groups is 1. The summed E-state index contributed by atoms with van der Waals surface area (Å²) in [6.45, 7) is 3.79. The Morgan fingerprint density at radius 3 is 2.70 bits per heavy atom. The van der Waals surface area contributed by atoms with Crippen molar-refractivity contribution in [1.29, 1.82) is 0 Å². The second-order valence-corrected chi connectivity index (χ2v) is 5.17. The van der Waals surface area contributed by atoms with E-state index in [9.17, 15) is 14.4 Å². The summed E-state index contributed by atoms with van der Waals surface area (Å²) in [7, 11) is 0. The van der Waals surface area contributed by atoms with E-state index >= 15 is 0 Å². The van der Waals surface area contributed by atoms with Gasteiger partial charge in [-0.1, -0.05) is 6.92 Å². The van der Waals surface area contributed by atoms with Crippen LogP contribution in [0.15, 0.2) is 6.20 Å². The highest BCUT2D eigenvalue weighted by Gasteiger charge is 2.47. The Hall–Kier alpha value is -2.38. The fraction of sp³-hybridized carbons (Fsp3) is 0.500. The fourth-order valence-electron chi connectivity index (χ4n) is 2.79. The van der Waals surface area contributed by atoms with Gasteiger partial charge in [0.05, 0.1) is 17.7 Å². The van der Waals surface area contributed by atoms with E-state index in [4.69, 9.17) is 0 Å². The molecular weight excluding hydrogens is 262 g/mol. The summed E-state index contributed by atoms with van der Waals surface area (Å²) in [4.78, 5) is 37.2. The van der Waals surface area contributed by atoms with Gasteiger partial charge in [0, 0.05) is 18.3 Å². The first-order valence-electron chi connectivity index (χ1n) is 6.41. The molecule has 0 spiro atoms. The van der Waals surface area contributed by atoms with Gasteiger partial charge in [-0.3, -0.25) is 20.0 Å². The van der Waals surface area contributed by atoms with E-state index in [-0.39, 0.29) is 11.9 Å². The van der Waals surface area contributed by atoms with Crippen molar-refractivity contribution in [3.8, 4) is 0 Å². The first-order chi connectivity index (χ1) is 9.49. The molecule has 2 aliphatic rings. The minimum absolute atomic E-state index is 0.308. The number of hydrogen-bond acceptors (Lipinski definition) is 4. The summed E-state index contributed by atoms with van der Waals surface area (Å²) in [6, 6.07) is -1.57. The van der Waals surface area contributed by atoms with Crippen LogP contribution in [0.4, 0.5) is 4.79 Å². The number of imide groups is 1. The Kier molecular flexibility index (Phi) is 2.73. The highest BCUT2D eigenvalue weighted by atomic mass is 16.2. The maximum Gasteiger partial charge on any atom is 0.324 e. The maximum atomic E-state index is 12.2.